The summed E-state index contributed by atoms with van der Waals surface area (Å²) in [5, 5.41) is 0. The Balaban J connectivity index is 1.06. The molecule has 1 amide bonds. The van der Waals surface area contributed by atoms with E-state index < -0.39 is 10.0 Å². The van der Waals surface area contributed by atoms with Crippen LogP contribution >= 0.6 is 0 Å². The number of carbonyl (C=O) groups excluding carboxylic acids is 1. The van der Waals surface area contributed by atoms with E-state index in [2.05, 4.69) is 75.7 Å². The molecule has 3 atom stereocenters. The number of likely N-dealkylation sites (tertiary alicyclic amines) is 1. The molecule has 3 aliphatic rings. The van der Waals surface area contributed by atoms with Crippen molar-refractivity contribution in [3.8, 4) is 0 Å². The van der Waals surface area contributed by atoms with E-state index in [0.717, 1.165) is 43.4 Å². The van der Waals surface area contributed by atoms with Crippen molar-refractivity contribution in [3.05, 3.63) is 95.8 Å². The van der Waals surface area contributed by atoms with Crippen LogP contribution in [0.5, 0.6) is 0 Å². The number of hydrogen-bond donors (Lipinski definition) is 1. The van der Waals surface area contributed by atoms with Gasteiger partial charge in [0, 0.05) is 31.2 Å². The molecule has 2 bridgehead atoms. The summed E-state index contributed by atoms with van der Waals surface area (Å²) in [5.74, 6) is 0.999. The molecular weight excluding hydrogens is 582 g/mol. The Labute approximate surface area is 266 Å². The van der Waals surface area contributed by atoms with Gasteiger partial charge in [-0.25, -0.2) is 13.4 Å². The van der Waals surface area contributed by atoms with Gasteiger partial charge < -0.3 is 9.47 Å². The van der Waals surface area contributed by atoms with Gasteiger partial charge in [-0.05, 0) is 93.7 Å². The zero-order valence-electron chi connectivity index (χ0n) is 26.2. The topological polar surface area (TPSA) is 87.5 Å². The quantitative estimate of drug-likeness (QED) is 0.254. The number of fused-ring (bicyclic) bond motifs is 3. The molecule has 4 heterocycles. The smallest absolute Gasteiger partial charge is 0.255 e. The van der Waals surface area contributed by atoms with Crippen molar-refractivity contribution in [2.24, 2.45) is 0 Å². The van der Waals surface area contributed by atoms with Gasteiger partial charge in [-0.15, -0.1) is 0 Å². The first-order valence-electron chi connectivity index (χ1n) is 16.3. The molecule has 3 fully saturated rings. The highest BCUT2D eigenvalue weighted by Crippen LogP contribution is 2.45. The van der Waals surface area contributed by atoms with Crippen LogP contribution in [0.3, 0.4) is 0 Å². The van der Waals surface area contributed by atoms with Crippen molar-refractivity contribution in [2.75, 3.05) is 30.6 Å². The summed E-state index contributed by atoms with van der Waals surface area (Å²) in [6.07, 6.45) is 8.79. The highest BCUT2D eigenvalue weighted by atomic mass is 32.2. The number of rotatable bonds is 8. The highest BCUT2D eigenvalue weighted by Gasteiger charge is 2.44. The maximum Gasteiger partial charge on any atom is 0.255 e. The molecule has 0 radical (unpaired) electrons. The van der Waals surface area contributed by atoms with E-state index in [9.17, 15) is 13.2 Å². The first-order valence-corrected chi connectivity index (χ1v) is 18.2. The fraction of sp³-hybridized carbons (Fsp3) is 0.444. The third kappa shape index (κ3) is 5.88. The molecule has 236 valence electrons. The highest BCUT2D eigenvalue weighted by molar-refractivity contribution is 7.92. The van der Waals surface area contributed by atoms with Gasteiger partial charge >= 0.3 is 0 Å². The molecule has 45 heavy (non-hydrogen) atoms. The zero-order chi connectivity index (χ0) is 31.2. The lowest BCUT2D eigenvalue weighted by Crippen LogP contribution is -2.49. The van der Waals surface area contributed by atoms with E-state index in [4.69, 9.17) is 4.98 Å². The standard InChI is InChI=1S/C36H43N5O3S/c1-26-37-33-14-8-9-15-34(33)41(26)30-24-28-16-17-29(25-30)40(28)23-20-36(27-10-4-3-5-11-27)18-21-39(22-19-36)35(42)31-12-6-7-13-32(31)38-45(2,43)44/h3-15,28-30,38H,16-25H2,1-2H3/t28-,29+,30+. The number of carbonyl (C=O) groups is 1. The summed E-state index contributed by atoms with van der Waals surface area (Å²) in [5.41, 5.74) is 4.44. The lowest BCUT2D eigenvalue weighted by atomic mass is 9.70. The fourth-order valence-electron chi connectivity index (χ4n) is 8.53. The Morgan fingerprint density at radius 3 is 2.24 bits per heavy atom. The number of para-hydroxylation sites is 3. The number of amides is 1. The summed E-state index contributed by atoms with van der Waals surface area (Å²) in [6.45, 7) is 4.50. The predicted octanol–water partition coefficient (Wildman–Crippen LogP) is 6.15. The Morgan fingerprint density at radius 1 is 0.889 bits per heavy atom. The van der Waals surface area contributed by atoms with Gasteiger partial charge in [0.05, 0.1) is 28.5 Å². The van der Waals surface area contributed by atoms with Crippen molar-refractivity contribution < 1.29 is 13.2 Å². The van der Waals surface area contributed by atoms with Crippen LogP contribution in [0.15, 0.2) is 78.9 Å². The second kappa shape index (κ2) is 11.9. The van der Waals surface area contributed by atoms with Crippen molar-refractivity contribution >= 4 is 32.7 Å². The summed E-state index contributed by atoms with van der Waals surface area (Å²) in [7, 11) is -3.50. The van der Waals surface area contributed by atoms with Crippen molar-refractivity contribution in [1.82, 2.24) is 19.4 Å². The van der Waals surface area contributed by atoms with Crippen molar-refractivity contribution in [1.29, 1.82) is 0 Å². The van der Waals surface area contributed by atoms with Gasteiger partial charge in [0.25, 0.3) is 5.91 Å². The van der Waals surface area contributed by atoms with Gasteiger partial charge in [0.2, 0.25) is 10.0 Å². The Bertz CT molecular complexity index is 1780. The predicted molar refractivity (Wildman–Crippen MR) is 179 cm³/mol. The van der Waals surface area contributed by atoms with E-state index in [-0.39, 0.29) is 11.3 Å². The minimum Gasteiger partial charge on any atom is -0.339 e. The Kier molecular flexibility index (Phi) is 7.94. The number of benzene rings is 3. The summed E-state index contributed by atoms with van der Waals surface area (Å²) in [4.78, 5) is 23.2. The number of imidazole rings is 1. The molecule has 3 aliphatic heterocycles. The molecule has 8 nitrogen and oxygen atoms in total. The summed E-state index contributed by atoms with van der Waals surface area (Å²) in [6, 6.07) is 28.0. The fourth-order valence-corrected chi connectivity index (χ4v) is 9.11. The molecule has 7 rings (SSSR count). The maximum atomic E-state index is 13.7. The lowest BCUT2D eigenvalue weighted by Gasteiger charge is -2.45. The first-order chi connectivity index (χ1) is 21.7. The normalized spacial score (nSPS) is 23.3. The molecule has 4 aromatic rings. The van der Waals surface area contributed by atoms with E-state index in [0.29, 0.717) is 42.5 Å². The molecule has 0 spiro atoms. The minimum atomic E-state index is -3.50. The molecule has 1 aromatic heterocycles. The molecule has 9 heteroatoms. The van der Waals surface area contributed by atoms with Crippen molar-refractivity contribution in [2.45, 2.75) is 75.4 Å². The van der Waals surface area contributed by atoms with Crippen LogP contribution < -0.4 is 4.72 Å². The third-order valence-corrected chi connectivity index (χ3v) is 11.3. The number of piperidine rings is 2. The molecular formula is C36H43N5O3S. The Hall–Kier alpha value is -3.69. The van der Waals surface area contributed by atoms with E-state index in [1.165, 1.54) is 36.8 Å². The van der Waals surface area contributed by atoms with Gasteiger partial charge in [-0.1, -0.05) is 54.6 Å². The number of aromatic nitrogens is 2. The van der Waals surface area contributed by atoms with Crippen LogP contribution in [0.2, 0.25) is 0 Å². The largest absolute Gasteiger partial charge is 0.339 e. The molecule has 3 saturated heterocycles. The molecule has 0 aliphatic carbocycles. The van der Waals surface area contributed by atoms with Crippen LogP contribution in [0.4, 0.5) is 5.69 Å². The zero-order valence-corrected chi connectivity index (χ0v) is 27.0. The number of nitrogens with one attached hydrogen (secondary N) is 1. The van der Waals surface area contributed by atoms with Crippen molar-refractivity contribution in [3.63, 3.8) is 0 Å². The van der Waals surface area contributed by atoms with Crippen LogP contribution in [0.1, 0.15) is 72.7 Å². The summed E-state index contributed by atoms with van der Waals surface area (Å²) >= 11 is 0. The monoisotopic (exact) mass is 625 g/mol. The lowest BCUT2D eigenvalue weighted by molar-refractivity contribution is 0.0608. The molecule has 0 saturated carbocycles. The third-order valence-electron chi connectivity index (χ3n) is 10.7. The van der Waals surface area contributed by atoms with E-state index in [1.807, 2.05) is 4.90 Å². The molecule has 0 unspecified atom stereocenters. The first kappa shape index (κ1) is 30.0. The van der Waals surface area contributed by atoms with Gasteiger partial charge in [-0.3, -0.25) is 14.4 Å². The van der Waals surface area contributed by atoms with Crippen LogP contribution in [0.25, 0.3) is 11.0 Å². The summed E-state index contributed by atoms with van der Waals surface area (Å²) < 4.78 is 28.9. The van der Waals surface area contributed by atoms with Crippen LogP contribution in [0, 0.1) is 6.92 Å². The van der Waals surface area contributed by atoms with Crippen LogP contribution in [-0.2, 0) is 15.4 Å². The second-order valence-corrected chi connectivity index (χ2v) is 15.1. The average Bonchev–Trinajstić information content (AvgIpc) is 3.50. The average molecular weight is 626 g/mol. The molecule has 1 N–H and O–H groups in total. The number of aryl methyl sites for hydroxylation is 1. The van der Waals surface area contributed by atoms with Gasteiger partial charge in [-0.2, -0.15) is 0 Å². The maximum absolute atomic E-state index is 13.7. The molecule has 3 aromatic carbocycles. The number of hydrogen-bond acceptors (Lipinski definition) is 5. The SMILES string of the molecule is Cc1nc2ccccc2n1[C@H]1C[C@H]2CC[C@@H](C1)N2CCC1(c2ccccc2)CCN(C(=O)c2ccccc2NS(C)(=O)=O)CC1. The second-order valence-electron chi connectivity index (χ2n) is 13.4. The van der Waals surface area contributed by atoms with Crippen LogP contribution in [-0.4, -0.2) is 71.6 Å². The Morgan fingerprint density at radius 2 is 1.53 bits per heavy atom. The van der Waals surface area contributed by atoms with Gasteiger partial charge in [0.1, 0.15) is 5.82 Å². The van der Waals surface area contributed by atoms with Gasteiger partial charge in [0.15, 0.2) is 0 Å². The number of anilines is 1. The van der Waals surface area contributed by atoms with E-state index in [1.54, 1.807) is 24.3 Å². The number of nitrogens with zero attached hydrogens (tertiary/aromatic N) is 4. The minimum absolute atomic E-state index is 0.00398. The number of sulfonamides is 1. The van der Waals surface area contributed by atoms with E-state index >= 15 is 0 Å².